The first-order valence-electron chi connectivity index (χ1n) is 19.6. The molecule has 0 saturated carbocycles. The van der Waals surface area contributed by atoms with E-state index < -0.39 is 53.1 Å². The lowest BCUT2D eigenvalue weighted by molar-refractivity contribution is -0.165. The molecule has 2 aromatic heterocycles. The maximum Gasteiger partial charge on any atom is 0.416 e. The van der Waals surface area contributed by atoms with Crippen molar-refractivity contribution >= 4 is 28.9 Å². The zero-order valence-electron chi connectivity index (χ0n) is 34.0. The summed E-state index contributed by atoms with van der Waals surface area (Å²) in [5, 5.41) is 32.8. The van der Waals surface area contributed by atoms with E-state index in [-0.39, 0.29) is 65.8 Å². The lowest BCUT2D eigenvalue weighted by Gasteiger charge is -2.44. The summed E-state index contributed by atoms with van der Waals surface area (Å²) in [5.41, 5.74) is 1.34. The van der Waals surface area contributed by atoms with Gasteiger partial charge in [-0.25, -0.2) is 23.4 Å². The van der Waals surface area contributed by atoms with Crippen molar-refractivity contribution in [1.82, 2.24) is 24.3 Å². The predicted molar refractivity (Wildman–Crippen MR) is 217 cm³/mol. The van der Waals surface area contributed by atoms with Crippen LogP contribution in [0, 0.1) is 11.6 Å². The number of pyridine rings is 1. The number of benzene rings is 3. The number of carboxylic acid groups (broad SMARTS) is 2. The van der Waals surface area contributed by atoms with E-state index in [1.807, 2.05) is 29.2 Å². The minimum Gasteiger partial charge on any atom is -0.479 e. The quantitative estimate of drug-likeness (QED) is 0.113. The molecule has 5 aromatic rings. The van der Waals surface area contributed by atoms with E-state index in [1.165, 1.54) is 30.5 Å². The van der Waals surface area contributed by atoms with Gasteiger partial charge in [-0.3, -0.25) is 14.5 Å². The number of aromatic nitrogens is 3. The summed E-state index contributed by atoms with van der Waals surface area (Å²) >= 11 is 0. The third-order valence-corrected chi connectivity index (χ3v) is 10.6. The van der Waals surface area contributed by atoms with E-state index >= 15 is 0 Å². The number of alkyl halides is 3. The number of hydrogen-bond acceptors (Lipinski definition) is 9. The summed E-state index contributed by atoms with van der Waals surface area (Å²) in [6.07, 6.45) is -5.85. The molecule has 62 heavy (non-hydrogen) atoms. The number of carbonyl (C=O) groups is 3. The molecule has 1 aliphatic rings. The molecule has 4 N–H and O–H groups in total. The highest BCUT2D eigenvalue weighted by molar-refractivity contribution is 5.83. The summed E-state index contributed by atoms with van der Waals surface area (Å²) < 4.78 is 69.4. The van der Waals surface area contributed by atoms with Gasteiger partial charge < -0.3 is 29.9 Å². The number of fused-ring (bicyclic) bond motifs is 1. The zero-order chi connectivity index (χ0) is 45.5. The van der Waals surface area contributed by atoms with Gasteiger partial charge in [0.15, 0.2) is 23.8 Å². The number of aliphatic carboxylic acids is 2. The number of carbonyl (C=O) groups excluding carboxylic acids is 1. The maximum atomic E-state index is 14.6. The Morgan fingerprint density at radius 3 is 1.95 bits per heavy atom. The predicted octanol–water partition coefficient (Wildman–Crippen LogP) is 5.71. The number of aliphatic hydroxyl groups excluding tert-OH is 2. The third-order valence-electron chi connectivity index (χ3n) is 10.6. The molecule has 1 amide bonds. The van der Waals surface area contributed by atoms with Crippen LogP contribution in [0.25, 0.3) is 22.2 Å². The number of likely N-dealkylation sites (tertiary alicyclic amines) is 1. The molecule has 3 heterocycles. The number of carboxylic acids is 2. The Balaban J connectivity index is 0.000000646. The van der Waals surface area contributed by atoms with E-state index in [1.54, 1.807) is 16.7 Å². The number of nitrogens with zero attached hydrogens (tertiary/aromatic N) is 5. The molecule has 3 aromatic carbocycles. The van der Waals surface area contributed by atoms with Crippen LogP contribution in [0.5, 0.6) is 0 Å². The maximum absolute atomic E-state index is 14.6. The molecule has 0 spiro atoms. The average molecular weight is 868 g/mol. The molecule has 0 bridgehead atoms. The van der Waals surface area contributed by atoms with E-state index in [4.69, 9.17) is 20.4 Å². The normalized spacial score (nSPS) is 14.7. The molecule has 0 radical (unpaired) electrons. The van der Waals surface area contributed by atoms with Gasteiger partial charge >= 0.3 is 18.1 Å². The van der Waals surface area contributed by atoms with Gasteiger partial charge in [-0.15, -0.1) is 0 Å². The van der Waals surface area contributed by atoms with Crippen LogP contribution in [-0.2, 0) is 46.5 Å². The third kappa shape index (κ3) is 11.6. The zero-order valence-corrected chi connectivity index (χ0v) is 34.0. The van der Waals surface area contributed by atoms with Crippen molar-refractivity contribution in [2.75, 3.05) is 13.1 Å². The topological polar surface area (TPSA) is 186 Å². The molecule has 1 fully saturated rings. The van der Waals surface area contributed by atoms with Crippen molar-refractivity contribution in [1.29, 1.82) is 0 Å². The summed E-state index contributed by atoms with van der Waals surface area (Å²) in [7, 11) is 0. The minimum atomic E-state index is -4.42. The van der Waals surface area contributed by atoms with Gasteiger partial charge in [-0.05, 0) is 92.6 Å². The molecular formula is C44H46F5N5O8. The number of aliphatic hydroxyl groups is 2. The van der Waals surface area contributed by atoms with Crippen LogP contribution in [0.3, 0.4) is 0 Å². The first kappa shape index (κ1) is 46.9. The van der Waals surface area contributed by atoms with E-state index in [2.05, 4.69) is 35.6 Å². The van der Waals surface area contributed by atoms with Crippen LogP contribution in [0.15, 0.2) is 89.9 Å². The molecule has 2 unspecified atom stereocenters. The Labute approximate surface area is 352 Å². The van der Waals surface area contributed by atoms with Crippen LogP contribution in [0.1, 0.15) is 56.1 Å². The van der Waals surface area contributed by atoms with Crippen LogP contribution < -0.4 is 5.56 Å². The fourth-order valence-electron chi connectivity index (χ4n) is 7.10. The van der Waals surface area contributed by atoms with Gasteiger partial charge in [0.2, 0.25) is 5.91 Å². The van der Waals surface area contributed by atoms with Crippen LogP contribution in [-0.4, -0.2) is 99.5 Å². The number of aryl methyl sites for hydroxylation is 2. The molecule has 1 aliphatic heterocycles. The molecule has 2 atom stereocenters. The first-order valence-corrected chi connectivity index (χ1v) is 19.6. The van der Waals surface area contributed by atoms with Crippen molar-refractivity contribution in [3.05, 3.63) is 130 Å². The fraction of sp³-hybridized carbons (Fsp3) is 0.364. The summed E-state index contributed by atoms with van der Waals surface area (Å²) in [5.74, 6) is -5.47. The highest BCUT2D eigenvalue weighted by Crippen LogP contribution is 2.32. The number of amides is 1. The highest BCUT2D eigenvalue weighted by atomic mass is 19.4. The van der Waals surface area contributed by atoms with E-state index in [9.17, 15) is 41.1 Å². The van der Waals surface area contributed by atoms with Crippen LogP contribution in [0.2, 0.25) is 0 Å². The van der Waals surface area contributed by atoms with E-state index in [0.717, 1.165) is 55.3 Å². The van der Waals surface area contributed by atoms with Gasteiger partial charge in [0.1, 0.15) is 18.0 Å². The second kappa shape index (κ2) is 19.7. The molecule has 0 aliphatic carbocycles. The molecule has 6 rings (SSSR count). The average Bonchev–Trinajstić information content (AvgIpc) is 3.23. The molecular weight excluding hydrogens is 822 g/mol. The van der Waals surface area contributed by atoms with Crippen molar-refractivity contribution in [2.24, 2.45) is 0 Å². The van der Waals surface area contributed by atoms with Gasteiger partial charge in [-0.1, -0.05) is 48.5 Å². The number of rotatable bonds is 12. The standard InChI is InChI=1S/C40H40F5N5O2.C4H6O6/c1-39(2,3)48-22-19-31(20-23-48)49(24-26-9-11-27(12-10-26)28-13-16-30(17-14-28)40(43,44)45)35(51)25-50-34(18-15-29-6-4-8-33(41)36(29)42)47-38(52)32-7-5-21-46-37(32)50;5-1(3(7)8)2(6)4(9)10/h4-14,16-17,21,31H,15,18-20,22-25H2,1-3H3;1-2,5-6H,(H,7,8)(H,9,10). The number of piperidine rings is 1. The number of hydrogen-bond donors (Lipinski definition) is 4. The Morgan fingerprint density at radius 2 is 1.40 bits per heavy atom. The Morgan fingerprint density at radius 1 is 0.823 bits per heavy atom. The van der Waals surface area contributed by atoms with Gasteiger partial charge in [0.25, 0.3) is 5.56 Å². The summed E-state index contributed by atoms with van der Waals surface area (Å²) in [6, 6.07) is 19.4. The monoisotopic (exact) mass is 867 g/mol. The summed E-state index contributed by atoms with van der Waals surface area (Å²) in [4.78, 5) is 60.1. The molecule has 13 nitrogen and oxygen atoms in total. The highest BCUT2D eigenvalue weighted by Gasteiger charge is 2.33. The van der Waals surface area contributed by atoms with Crippen LogP contribution >= 0.6 is 0 Å². The van der Waals surface area contributed by atoms with Gasteiger partial charge in [-0.2, -0.15) is 18.2 Å². The smallest absolute Gasteiger partial charge is 0.416 e. The van der Waals surface area contributed by atoms with E-state index in [0.29, 0.717) is 5.56 Å². The molecule has 330 valence electrons. The van der Waals surface area contributed by atoms with Crippen molar-refractivity contribution in [3.63, 3.8) is 0 Å². The first-order chi connectivity index (χ1) is 29.1. The fourth-order valence-corrected chi connectivity index (χ4v) is 7.10. The Bertz CT molecular complexity index is 2410. The molecule has 18 heteroatoms. The molecule has 1 saturated heterocycles. The second-order valence-corrected chi connectivity index (χ2v) is 15.8. The number of halogens is 5. The second-order valence-electron chi connectivity index (χ2n) is 15.8. The lowest BCUT2D eigenvalue weighted by Crippen LogP contribution is -2.52. The minimum absolute atomic E-state index is 0.0316. The van der Waals surface area contributed by atoms with Crippen LogP contribution in [0.4, 0.5) is 22.0 Å². The summed E-state index contributed by atoms with van der Waals surface area (Å²) in [6.45, 7) is 8.14. The van der Waals surface area contributed by atoms with Crippen molar-refractivity contribution in [3.8, 4) is 11.1 Å². The Kier molecular flexibility index (Phi) is 14.9. The van der Waals surface area contributed by atoms with Crippen molar-refractivity contribution in [2.45, 2.75) is 89.5 Å². The largest absolute Gasteiger partial charge is 0.479 e. The SMILES string of the molecule is CC(C)(C)N1CCC(N(Cc2ccc(-c3ccc(C(F)(F)F)cc3)cc2)C(=O)Cn2c(CCc3cccc(F)c3F)nc(=O)c3cccnc32)CC1.O=C(O)C(O)C(O)C(=O)O. The van der Waals surface area contributed by atoms with Gasteiger partial charge in [0, 0.05) is 43.8 Å². The van der Waals surface area contributed by atoms with Crippen molar-refractivity contribution < 1.29 is 56.8 Å². The van der Waals surface area contributed by atoms with Gasteiger partial charge in [0.05, 0.1) is 10.9 Å². The Hall–Kier alpha value is -6.11. The lowest BCUT2D eigenvalue weighted by atomic mass is 9.96.